The van der Waals surface area contributed by atoms with Crippen LogP contribution in [0.4, 0.5) is 4.39 Å². The molecule has 0 amide bonds. The molecule has 1 heterocycles. The van der Waals surface area contributed by atoms with Gasteiger partial charge in [0.1, 0.15) is 11.4 Å². The van der Waals surface area contributed by atoms with Gasteiger partial charge in [-0.2, -0.15) is 0 Å². The lowest BCUT2D eigenvalue weighted by Gasteiger charge is -2.18. The van der Waals surface area contributed by atoms with Gasteiger partial charge in [-0.15, -0.1) is 0 Å². The number of hydrogen-bond acceptors (Lipinski definition) is 2. The molecule has 1 atom stereocenters. The van der Waals surface area contributed by atoms with E-state index in [1.165, 1.54) is 6.92 Å². The van der Waals surface area contributed by atoms with E-state index in [0.717, 1.165) is 17.7 Å². The van der Waals surface area contributed by atoms with Crippen molar-refractivity contribution in [1.29, 1.82) is 0 Å². The Hall–Kier alpha value is -1.09. The zero-order valence-corrected chi connectivity index (χ0v) is 8.22. The number of benzene rings is 1. The van der Waals surface area contributed by atoms with Crippen LogP contribution in [0.5, 0.6) is 5.75 Å². The molecular formula is C11H14FNO. The van der Waals surface area contributed by atoms with Crippen molar-refractivity contribution in [3.63, 3.8) is 0 Å². The van der Waals surface area contributed by atoms with Crippen molar-refractivity contribution in [2.45, 2.75) is 19.0 Å². The molecule has 3 heteroatoms. The number of halogens is 1. The zero-order chi connectivity index (χ0) is 10.2. The second-order valence-electron chi connectivity index (χ2n) is 3.82. The van der Waals surface area contributed by atoms with Crippen LogP contribution < -0.4 is 10.5 Å². The van der Waals surface area contributed by atoms with Gasteiger partial charge in [-0.1, -0.05) is 12.1 Å². The fourth-order valence-corrected chi connectivity index (χ4v) is 1.61. The second kappa shape index (κ2) is 3.24. The summed E-state index contributed by atoms with van der Waals surface area (Å²) in [4.78, 5) is 0. The van der Waals surface area contributed by atoms with Crippen LogP contribution >= 0.6 is 0 Å². The van der Waals surface area contributed by atoms with Gasteiger partial charge in [0.05, 0.1) is 6.61 Å². The largest absolute Gasteiger partial charge is 0.493 e. The van der Waals surface area contributed by atoms with Crippen LogP contribution in [0.15, 0.2) is 18.2 Å². The third-order valence-electron chi connectivity index (χ3n) is 2.68. The summed E-state index contributed by atoms with van der Waals surface area (Å²) in [6, 6.07) is 5.47. The van der Waals surface area contributed by atoms with Crippen LogP contribution in [-0.4, -0.2) is 13.2 Å². The number of rotatable bonds is 2. The summed E-state index contributed by atoms with van der Waals surface area (Å²) in [5.74, 6) is 0.805. The Balaban J connectivity index is 2.38. The minimum atomic E-state index is -1.46. The number of alkyl halides is 1. The fourth-order valence-electron chi connectivity index (χ4n) is 1.61. The average molecular weight is 195 g/mol. The van der Waals surface area contributed by atoms with Crippen LogP contribution in [0.1, 0.15) is 18.1 Å². The standard InChI is InChI=1S/C11H14FNO/c1-11(12,7-13)9-3-2-8-4-5-14-10(8)6-9/h2-3,6H,4-5,7,13H2,1H3. The number of ether oxygens (including phenoxy) is 1. The quantitative estimate of drug-likeness (QED) is 0.780. The van der Waals surface area contributed by atoms with Crippen LogP contribution in [0.2, 0.25) is 0 Å². The summed E-state index contributed by atoms with van der Waals surface area (Å²) in [6.45, 7) is 2.18. The van der Waals surface area contributed by atoms with Gasteiger partial charge in [-0.05, 0) is 24.1 Å². The summed E-state index contributed by atoms with van der Waals surface area (Å²) in [7, 11) is 0. The average Bonchev–Trinajstić information content (AvgIpc) is 2.64. The highest BCUT2D eigenvalue weighted by molar-refractivity contribution is 5.41. The van der Waals surface area contributed by atoms with Crippen molar-refractivity contribution in [2.75, 3.05) is 13.2 Å². The predicted molar refractivity (Wildman–Crippen MR) is 53.2 cm³/mol. The van der Waals surface area contributed by atoms with Gasteiger partial charge < -0.3 is 10.5 Å². The smallest absolute Gasteiger partial charge is 0.145 e. The highest BCUT2D eigenvalue weighted by Gasteiger charge is 2.25. The van der Waals surface area contributed by atoms with Gasteiger partial charge in [-0.25, -0.2) is 4.39 Å². The molecule has 0 aromatic heterocycles. The number of nitrogens with two attached hydrogens (primary N) is 1. The molecule has 2 nitrogen and oxygen atoms in total. The van der Waals surface area contributed by atoms with Crippen LogP contribution in [-0.2, 0) is 12.1 Å². The summed E-state index contributed by atoms with van der Waals surface area (Å²) >= 11 is 0. The number of hydrogen-bond donors (Lipinski definition) is 1. The summed E-state index contributed by atoms with van der Waals surface area (Å²) < 4.78 is 19.2. The minimum Gasteiger partial charge on any atom is -0.493 e. The normalized spacial score (nSPS) is 18.5. The second-order valence-corrected chi connectivity index (χ2v) is 3.82. The SMILES string of the molecule is CC(F)(CN)c1ccc2c(c1)OCC2. The molecule has 0 saturated carbocycles. The molecule has 0 bridgehead atoms. The minimum absolute atomic E-state index is 0.00815. The van der Waals surface area contributed by atoms with E-state index >= 15 is 0 Å². The van der Waals surface area contributed by atoms with E-state index in [2.05, 4.69) is 0 Å². The van der Waals surface area contributed by atoms with E-state index < -0.39 is 5.67 Å². The van der Waals surface area contributed by atoms with Crippen molar-refractivity contribution in [3.05, 3.63) is 29.3 Å². The fraction of sp³-hybridized carbons (Fsp3) is 0.455. The van der Waals surface area contributed by atoms with Gasteiger partial charge >= 0.3 is 0 Å². The lowest BCUT2D eigenvalue weighted by atomic mass is 9.96. The number of fused-ring (bicyclic) bond motifs is 1. The van der Waals surface area contributed by atoms with E-state index in [1.807, 2.05) is 6.07 Å². The summed E-state index contributed by atoms with van der Waals surface area (Å²) in [5, 5.41) is 0. The first-order valence-corrected chi connectivity index (χ1v) is 4.79. The van der Waals surface area contributed by atoms with Crippen molar-refractivity contribution >= 4 is 0 Å². The highest BCUT2D eigenvalue weighted by Crippen LogP contribution is 2.32. The molecule has 0 spiro atoms. The molecule has 0 aliphatic carbocycles. The van der Waals surface area contributed by atoms with Crippen molar-refractivity contribution in [3.8, 4) is 5.75 Å². The first kappa shape index (κ1) is 9.46. The molecule has 2 N–H and O–H groups in total. The Bertz CT molecular complexity index is 349. The lowest BCUT2D eigenvalue weighted by molar-refractivity contribution is 0.203. The Morgan fingerprint density at radius 2 is 2.36 bits per heavy atom. The lowest BCUT2D eigenvalue weighted by Crippen LogP contribution is -2.26. The molecule has 1 aliphatic heterocycles. The van der Waals surface area contributed by atoms with E-state index in [0.29, 0.717) is 12.2 Å². The van der Waals surface area contributed by atoms with Gasteiger partial charge in [0, 0.05) is 13.0 Å². The highest BCUT2D eigenvalue weighted by atomic mass is 19.1. The Kier molecular flexibility index (Phi) is 2.19. The van der Waals surface area contributed by atoms with Crippen molar-refractivity contribution in [1.82, 2.24) is 0 Å². The van der Waals surface area contributed by atoms with Crippen LogP contribution in [0.25, 0.3) is 0 Å². The zero-order valence-electron chi connectivity index (χ0n) is 8.22. The first-order chi connectivity index (χ1) is 6.63. The molecule has 1 unspecified atom stereocenters. The third kappa shape index (κ3) is 1.48. The van der Waals surface area contributed by atoms with Gasteiger partial charge in [0.15, 0.2) is 0 Å². The Morgan fingerprint density at radius 3 is 3.07 bits per heavy atom. The molecule has 1 aromatic rings. The third-order valence-corrected chi connectivity index (χ3v) is 2.68. The van der Waals surface area contributed by atoms with Crippen molar-refractivity contribution in [2.24, 2.45) is 5.73 Å². The van der Waals surface area contributed by atoms with E-state index in [4.69, 9.17) is 10.5 Å². The molecule has 14 heavy (non-hydrogen) atoms. The van der Waals surface area contributed by atoms with Gasteiger partial charge in [-0.3, -0.25) is 0 Å². The molecule has 1 aliphatic rings. The molecule has 2 rings (SSSR count). The molecular weight excluding hydrogens is 181 g/mol. The summed E-state index contributed by atoms with van der Waals surface area (Å²) in [5.41, 5.74) is 5.66. The first-order valence-electron chi connectivity index (χ1n) is 4.79. The Morgan fingerprint density at radius 1 is 1.57 bits per heavy atom. The summed E-state index contributed by atoms with van der Waals surface area (Å²) in [6.07, 6.45) is 0.918. The van der Waals surface area contributed by atoms with Crippen molar-refractivity contribution < 1.29 is 9.13 Å². The monoisotopic (exact) mass is 195 g/mol. The molecule has 76 valence electrons. The Labute approximate surface area is 82.9 Å². The van der Waals surface area contributed by atoms with Gasteiger partial charge in [0.25, 0.3) is 0 Å². The molecule has 1 aromatic carbocycles. The van der Waals surface area contributed by atoms with Crippen LogP contribution in [0, 0.1) is 0 Å². The van der Waals surface area contributed by atoms with Crippen LogP contribution in [0.3, 0.4) is 0 Å². The van der Waals surface area contributed by atoms with E-state index in [1.54, 1.807) is 12.1 Å². The predicted octanol–water partition coefficient (Wildman–Crippen LogP) is 1.76. The van der Waals surface area contributed by atoms with Gasteiger partial charge in [0.2, 0.25) is 0 Å². The topological polar surface area (TPSA) is 35.2 Å². The maximum Gasteiger partial charge on any atom is 0.145 e. The molecule has 0 fully saturated rings. The molecule has 0 saturated heterocycles. The maximum absolute atomic E-state index is 13.8. The van der Waals surface area contributed by atoms with E-state index in [-0.39, 0.29) is 6.54 Å². The van der Waals surface area contributed by atoms with E-state index in [9.17, 15) is 4.39 Å². The maximum atomic E-state index is 13.8. The molecule has 0 radical (unpaired) electrons.